The lowest BCUT2D eigenvalue weighted by atomic mass is 9.56. The Bertz CT molecular complexity index is 832. The lowest BCUT2D eigenvalue weighted by Gasteiger charge is -2.50. The van der Waals surface area contributed by atoms with Gasteiger partial charge in [0, 0.05) is 12.0 Å². The Balaban J connectivity index is 1.92. The fourth-order valence-corrected chi connectivity index (χ4v) is 5.66. The number of ether oxygens (including phenoxy) is 2. The molecule has 0 aromatic rings. The van der Waals surface area contributed by atoms with Crippen LogP contribution >= 0.6 is 0 Å². The maximum atomic E-state index is 12.3. The number of aliphatic hydroxyl groups is 1. The number of methoxy groups -OCH3 is 1. The van der Waals surface area contributed by atoms with Gasteiger partial charge in [-0.25, -0.2) is 4.79 Å². The van der Waals surface area contributed by atoms with Crippen LogP contribution in [0.5, 0.6) is 0 Å². The molecule has 0 aromatic heterocycles. The summed E-state index contributed by atoms with van der Waals surface area (Å²) in [5, 5.41) is 12.3. The summed E-state index contributed by atoms with van der Waals surface area (Å²) in [7, 11) is 1.36. The molecule has 1 aliphatic heterocycles. The third-order valence-electron chi connectivity index (χ3n) is 7.72. The second-order valence-corrected chi connectivity index (χ2v) is 9.64. The molecule has 4 nitrogen and oxygen atoms in total. The van der Waals surface area contributed by atoms with E-state index in [4.69, 9.17) is 4.74 Å². The smallest absolute Gasteiger partial charge is 0.330 e. The minimum Gasteiger partial charge on any atom is -0.466 e. The van der Waals surface area contributed by atoms with Crippen molar-refractivity contribution < 1.29 is 19.4 Å². The number of epoxide rings is 1. The van der Waals surface area contributed by atoms with Crippen molar-refractivity contribution >= 4 is 5.97 Å². The largest absolute Gasteiger partial charge is 0.466 e. The van der Waals surface area contributed by atoms with Gasteiger partial charge in [-0.3, -0.25) is 0 Å². The first-order valence-corrected chi connectivity index (χ1v) is 11.5. The number of carbonyl (C=O) groups excluding carboxylic acids is 1. The Kier molecular flexibility index (Phi) is 7.12. The number of allylic oxidation sites excluding steroid dienone is 7. The summed E-state index contributed by atoms with van der Waals surface area (Å²) in [6.07, 6.45) is 18.6. The van der Waals surface area contributed by atoms with E-state index >= 15 is 0 Å². The molecule has 3 rings (SSSR count). The summed E-state index contributed by atoms with van der Waals surface area (Å²) in [5.74, 6) is 0.762. The molecule has 3 aliphatic rings. The Morgan fingerprint density at radius 2 is 2.03 bits per heavy atom. The highest BCUT2D eigenvalue weighted by Crippen LogP contribution is 2.60. The molecule has 7 atom stereocenters. The van der Waals surface area contributed by atoms with Gasteiger partial charge in [0.1, 0.15) is 11.2 Å². The van der Waals surface area contributed by atoms with E-state index in [0.29, 0.717) is 17.8 Å². The van der Waals surface area contributed by atoms with Crippen LogP contribution in [0, 0.1) is 23.7 Å². The molecular formula is C27H38O4. The van der Waals surface area contributed by atoms with E-state index in [2.05, 4.69) is 57.6 Å². The van der Waals surface area contributed by atoms with Gasteiger partial charge in [-0.05, 0) is 56.9 Å². The van der Waals surface area contributed by atoms with Crippen molar-refractivity contribution in [1.29, 1.82) is 0 Å². The van der Waals surface area contributed by atoms with Gasteiger partial charge in [0.15, 0.2) is 0 Å². The van der Waals surface area contributed by atoms with Gasteiger partial charge >= 0.3 is 5.97 Å². The predicted octanol–water partition coefficient (Wildman–Crippen LogP) is 5.31. The molecule has 1 saturated heterocycles. The molecule has 0 unspecified atom stereocenters. The highest BCUT2D eigenvalue weighted by atomic mass is 16.6. The summed E-state index contributed by atoms with van der Waals surface area (Å²) in [5.41, 5.74) is 0.847. The first kappa shape index (κ1) is 23.7. The normalized spacial score (nSPS) is 38.8. The highest BCUT2D eigenvalue weighted by Gasteiger charge is 2.70. The van der Waals surface area contributed by atoms with E-state index in [1.54, 1.807) is 12.2 Å². The quantitative estimate of drug-likeness (QED) is 0.197. The summed E-state index contributed by atoms with van der Waals surface area (Å²) in [4.78, 5) is 11.2. The van der Waals surface area contributed by atoms with Crippen LogP contribution in [0.3, 0.4) is 0 Å². The van der Waals surface area contributed by atoms with E-state index in [-0.39, 0.29) is 18.0 Å². The molecule has 1 fully saturated rings. The van der Waals surface area contributed by atoms with Crippen LogP contribution in [0.15, 0.2) is 59.8 Å². The van der Waals surface area contributed by atoms with Crippen LogP contribution in [-0.4, -0.2) is 35.5 Å². The molecule has 31 heavy (non-hydrogen) atoms. The van der Waals surface area contributed by atoms with Gasteiger partial charge < -0.3 is 14.6 Å². The third kappa shape index (κ3) is 4.38. The maximum Gasteiger partial charge on any atom is 0.330 e. The van der Waals surface area contributed by atoms with Crippen molar-refractivity contribution in [3.05, 3.63) is 59.8 Å². The standard InChI is InChI=1S/C27H38O4/c1-7-19(3)25-26(5,31-25)27(29)20(4)17-21-16-18(2)14-15-22(21)23(27)12-10-8-9-11-13-24(28)30-6/h8-14,17,19,21-23,25,29H,7,15-16H2,1-6H3/b9-8+,12-10+,13-11+/t19-,21+,22-,23+,25-,26+,27+/m1/s1. The van der Waals surface area contributed by atoms with Gasteiger partial charge in [0.05, 0.1) is 13.2 Å². The highest BCUT2D eigenvalue weighted by molar-refractivity contribution is 5.82. The fraction of sp³-hybridized carbons (Fsp3) is 0.593. The molecular weight excluding hydrogens is 388 g/mol. The predicted molar refractivity (Wildman–Crippen MR) is 124 cm³/mol. The number of esters is 1. The molecule has 0 spiro atoms. The molecule has 0 aromatic carbocycles. The summed E-state index contributed by atoms with van der Waals surface area (Å²) in [6.45, 7) is 10.7. The van der Waals surface area contributed by atoms with E-state index in [0.717, 1.165) is 24.8 Å². The number of hydrogen-bond donors (Lipinski definition) is 1. The van der Waals surface area contributed by atoms with E-state index in [1.165, 1.54) is 18.8 Å². The van der Waals surface area contributed by atoms with Crippen LogP contribution in [-0.2, 0) is 14.3 Å². The van der Waals surface area contributed by atoms with E-state index in [9.17, 15) is 9.90 Å². The second kappa shape index (κ2) is 9.30. The average Bonchev–Trinajstić information content (AvgIpc) is 3.45. The Hall–Kier alpha value is -1.91. The van der Waals surface area contributed by atoms with Crippen molar-refractivity contribution in [1.82, 2.24) is 0 Å². The first-order chi connectivity index (χ1) is 14.7. The maximum absolute atomic E-state index is 12.3. The van der Waals surface area contributed by atoms with Crippen LogP contribution in [0.2, 0.25) is 0 Å². The summed E-state index contributed by atoms with van der Waals surface area (Å²) in [6, 6.07) is 0. The third-order valence-corrected chi connectivity index (χ3v) is 7.72. The molecule has 0 radical (unpaired) electrons. The zero-order valence-electron chi connectivity index (χ0n) is 19.8. The Morgan fingerprint density at radius 1 is 1.32 bits per heavy atom. The zero-order valence-corrected chi connectivity index (χ0v) is 19.8. The minimum absolute atomic E-state index is 0.0415. The number of hydrogen-bond acceptors (Lipinski definition) is 4. The second-order valence-electron chi connectivity index (χ2n) is 9.64. The fourth-order valence-electron chi connectivity index (χ4n) is 5.66. The van der Waals surface area contributed by atoms with Crippen molar-refractivity contribution in [2.75, 3.05) is 7.11 Å². The van der Waals surface area contributed by atoms with E-state index in [1.807, 2.05) is 12.2 Å². The topological polar surface area (TPSA) is 59.1 Å². The van der Waals surface area contributed by atoms with Gasteiger partial charge in [-0.1, -0.05) is 68.4 Å². The lowest BCUT2D eigenvalue weighted by molar-refractivity contribution is -0.134. The number of fused-ring (bicyclic) bond motifs is 1. The van der Waals surface area contributed by atoms with Crippen LogP contribution < -0.4 is 0 Å². The number of carbonyl (C=O) groups is 1. The van der Waals surface area contributed by atoms with Crippen molar-refractivity contribution in [3.8, 4) is 0 Å². The van der Waals surface area contributed by atoms with Crippen molar-refractivity contribution in [3.63, 3.8) is 0 Å². The van der Waals surface area contributed by atoms with Crippen molar-refractivity contribution in [2.24, 2.45) is 23.7 Å². The van der Waals surface area contributed by atoms with Crippen LogP contribution in [0.1, 0.15) is 53.9 Å². The monoisotopic (exact) mass is 426 g/mol. The SMILES string of the molecule is CC[C@@H](C)[C@H]1O[C@]1(C)[C@]1(O)C(C)=C[C@@H]2CC(C)=CC[C@H]2[C@@H]1/C=C/C=C/C=C/C(=O)OC. The molecule has 0 amide bonds. The van der Waals surface area contributed by atoms with Crippen LogP contribution in [0.25, 0.3) is 0 Å². The molecule has 2 aliphatic carbocycles. The van der Waals surface area contributed by atoms with Gasteiger partial charge in [-0.2, -0.15) is 0 Å². The van der Waals surface area contributed by atoms with Crippen LogP contribution in [0.4, 0.5) is 0 Å². The number of rotatable bonds is 7. The molecule has 170 valence electrons. The van der Waals surface area contributed by atoms with Crippen molar-refractivity contribution in [2.45, 2.75) is 71.2 Å². The minimum atomic E-state index is -1.03. The van der Waals surface area contributed by atoms with Gasteiger partial charge in [0.25, 0.3) is 0 Å². The average molecular weight is 427 g/mol. The molecule has 4 heteroatoms. The van der Waals surface area contributed by atoms with Gasteiger partial charge in [0.2, 0.25) is 0 Å². The molecule has 1 N–H and O–H groups in total. The lowest BCUT2D eigenvalue weighted by Crippen LogP contribution is -2.57. The Labute approximate surface area is 187 Å². The van der Waals surface area contributed by atoms with Gasteiger partial charge in [-0.15, -0.1) is 0 Å². The summed E-state index contributed by atoms with van der Waals surface area (Å²) >= 11 is 0. The zero-order chi connectivity index (χ0) is 22.8. The molecule has 0 bridgehead atoms. The summed E-state index contributed by atoms with van der Waals surface area (Å²) < 4.78 is 10.9. The Morgan fingerprint density at radius 3 is 2.71 bits per heavy atom. The molecule has 1 heterocycles. The molecule has 0 saturated carbocycles. The van der Waals surface area contributed by atoms with E-state index < -0.39 is 11.2 Å². The first-order valence-electron chi connectivity index (χ1n) is 11.5.